The molecule has 230 valence electrons. The predicted molar refractivity (Wildman–Crippen MR) is 146 cm³/mol. The molecule has 3 aromatic rings. The zero-order valence-electron chi connectivity index (χ0n) is 23.8. The molecule has 3 heterocycles. The number of likely N-dealkylation sites (N-methyl/N-ethyl adjacent to an activating group) is 1. The van der Waals surface area contributed by atoms with Crippen LogP contribution in [-0.2, 0) is 37.2 Å². The molecule has 0 saturated heterocycles. The fourth-order valence-corrected chi connectivity index (χ4v) is 5.80. The fourth-order valence-electron chi connectivity index (χ4n) is 4.67. The van der Waals surface area contributed by atoms with Crippen molar-refractivity contribution in [1.82, 2.24) is 24.8 Å². The number of ether oxygens (including phenoxy) is 1. The highest BCUT2D eigenvalue weighted by Crippen LogP contribution is 2.58. The van der Waals surface area contributed by atoms with Gasteiger partial charge in [-0.05, 0) is 30.0 Å². The topological polar surface area (TPSA) is 116 Å². The Morgan fingerprint density at radius 1 is 1.29 bits per heavy atom. The molecule has 2 amide bonds. The van der Waals surface area contributed by atoms with Gasteiger partial charge in [0.25, 0.3) is 0 Å². The molecular weight excluding hydrogens is 582 g/mol. The number of imide groups is 1. The molecule has 1 N–H and O–H groups in total. The van der Waals surface area contributed by atoms with E-state index >= 15 is 0 Å². The number of imidazole rings is 1. The van der Waals surface area contributed by atoms with Crippen LogP contribution in [0.5, 0.6) is 0 Å². The molecule has 3 unspecified atom stereocenters. The van der Waals surface area contributed by atoms with Crippen LogP contribution in [0.1, 0.15) is 32.6 Å². The number of fused-ring (bicyclic) bond motifs is 1. The molecule has 0 radical (unpaired) electrons. The minimum atomic E-state index is -5.23. The Morgan fingerprint density at radius 2 is 1.98 bits per heavy atom. The van der Waals surface area contributed by atoms with Crippen molar-refractivity contribution in [1.29, 1.82) is 0 Å². The lowest BCUT2D eigenvalue weighted by Gasteiger charge is -2.18. The zero-order chi connectivity index (χ0) is 31.2. The minimum absolute atomic E-state index is 0.0188. The first-order valence-corrected chi connectivity index (χ1v) is 13.9. The van der Waals surface area contributed by atoms with E-state index < -0.39 is 12.1 Å². The number of halogens is 4. The summed E-state index contributed by atoms with van der Waals surface area (Å²) in [5.74, 6) is -1.92. The maximum Gasteiger partial charge on any atom is 0.494 e. The maximum absolute atomic E-state index is 12.9. The molecule has 1 fully saturated rings. The molecule has 0 aromatic carbocycles. The Morgan fingerprint density at radius 3 is 2.50 bits per heavy atom. The molecule has 3 atom stereocenters. The summed E-state index contributed by atoms with van der Waals surface area (Å²) in [6, 6.07) is 3.93. The van der Waals surface area contributed by atoms with Gasteiger partial charge in [-0.3, -0.25) is 19.5 Å². The molecular formula is C27H33F4N5O5S. The number of alkyl halides is 3. The Bertz CT molecular complexity index is 1390. The summed E-state index contributed by atoms with van der Waals surface area (Å²) in [6.45, 7) is 10.9. The van der Waals surface area contributed by atoms with E-state index in [0.29, 0.717) is 13.0 Å². The molecule has 10 nitrogen and oxygen atoms in total. The number of nitrogens with zero attached hydrogens (tertiary/aromatic N) is 4. The summed E-state index contributed by atoms with van der Waals surface area (Å²) in [7, 11) is 1.72. The molecule has 0 spiro atoms. The van der Waals surface area contributed by atoms with Gasteiger partial charge in [0.2, 0.25) is 12.3 Å². The number of carbonyl (C=O) groups is 3. The van der Waals surface area contributed by atoms with Crippen molar-refractivity contribution in [2.75, 3.05) is 20.2 Å². The smallest absolute Gasteiger partial charge is 0.378 e. The summed E-state index contributed by atoms with van der Waals surface area (Å²) >= 11 is 1.55. The lowest BCUT2D eigenvalue weighted by atomic mass is 10.1. The average molecular weight is 616 g/mol. The van der Waals surface area contributed by atoms with E-state index in [1.165, 1.54) is 4.90 Å². The van der Waals surface area contributed by atoms with Crippen molar-refractivity contribution >= 4 is 39.8 Å². The number of carbonyl (C=O) groups excluding carboxylic acids is 3. The first-order valence-electron chi connectivity index (χ1n) is 13.1. The molecule has 0 aliphatic heterocycles. The quantitative estimate of drug-likeness (QED) is 0.247. The average Bonchev–Trinajstić information content (AvgIpc) is 3.34. The van der Waals surface area contributed by atoms with Gasteiger partial charge < -0.3 is 14.6 Å². The molecule has 1 saturated carbocycles. The van der Waals surface area contributed by atoms with Gasteiger partial charge in [-0.2, -0.15) is 13.2 Å². The Kier molecular flexibility index (Phi) is 10.8. The first kappa shape index (κ1) is 33.1. The predicted octanol–water partition coefficient (Wildman–Crippen LogP) is 4.54. The highest BCUT2D eigenvalue weighted by molar-refractivity contribution is 7.19. The largest absolute Gasteiger partial charge is 0.494 e. The number of pyridine rings is 1. The lowest BCUT2D eigenvalue weighted by Crippen LogP contribution is -2.31. The van der Waals surface area contributed by atoms with Gasteiger partial charge in [0.05, 0.1) is 29.4 Å². The van der Waals surface area contributed by atoms with Gasteiger partial charge in [-0.25, -0.2) is 14.7 Å². The summed E-state index contributed by atoms with van der Waals surface area (Å²) < 4.78 is 51.2. The molecule has 4 rings (SSSR count). The Labute approximate surface area is 243 Å². The van der Waals surface area contributed by atoms with Crippen LogP contribution < -0.4 is 5.32 Å². The molecule has 3 aromatic heterocycles. The molecule has 15 heteroatoms. The number of hydrogen-bond acceptors (Lipinski definition) is 9. The van der Waals surface area contributed by atoms with Crippen molar-refractivity contribution in [3.05, 3.63) is 35.6 Å². The van der Waals surface area contributed by atoms with Crippen molar-refractivity contribution in [2.24, 2.45) is 17.3 Å². The standard InChI is InChI=1S/C25H33N5O3S.C2F4O2/c1-6-26-12-17(33-5)13-29-10-9-28-23(29)19-7-8-27-20-11-18(34-22(19)20)14-30(15-31)24(32)21-16(2)25(21,3)4;3-2(4,5)1(7)8-6/h7-11,15-17,21,26H,6,12-14H2,1-5H3;. The molecule has 42 heavy (non-hydrogen) atoms. The van der Waals surface area contributed by atoms with E-state index in [9.17, 15) is 27.3 Å². The molecule has 1 aliphatic rings. The zero-order valence-corrected chi connectivity index (χ0v) is 24.6. The van der Waals surface area contributed by atoms with E-state index in [1.54, 1.807) is 30.8 Å². The van der Waals surface area contributed by atoms with Crippen LogP contribution in [0, 0.1) is 17.3 Å². The molecule has 0 bridgehead atoms. The number of thiophene rings is 1. The van der Waals surface area contributed by atoms with Gasteiger partial charge in [0, 0.05) is 53.1 Å². The third-order valence-electron chi connectivity index (χ3n) is 7.45. The van der Waals surface area contributed by atoms with E-state index in [4.69, 9.17) is 9.53 Å². The number of rotatable bonds is 11. The number of aromatic nitrogens is 3. The van der Waals surface area contributed by atoms with Crippen LogP contribution in [0.3, 0.4) is 0 Å². The van der Waals surface area contributed by atoms with Gasteiger partial charge in [0.15, 0.2) is 0 Å². The summed E-state index contributed by atoms with van der Waals surface area (Å²) in [6.07, 6.45) is 0.974. The third-order valence-corrected chi connectivity index (χ3v) is 8.59. The normalized spacial score (nSPS) is 18.1. The second-order valence-electron chi connectivity index (χ2n) is 10.4. The van der Waals surface area contributed by atoms with Gasteiger partial charge in [0.1, 0.15) is 5.82 Å². The van der Waals surface area contributed by atoms with Crippen molar-refractivity contribution in [3.8, 4) is 11.4 Å². The number of amides is 2. The van der Waals surface area contributed by atoms with Crippen molar-refractivity contribution < 1.29 is 41.8 Å². The third kappa shape index (κ3) is 7.50. The van der Waals surface area contributed by atoms with E-state index in [-0.39, 0.29) is 35.8 Å². The van der Waals surface area contributed by atoms with Gasteiger partial charge in [-0.15, -0.1) is 11.3 Å². The van der Waals surface area contributed by atoms with Crippen molar-refractivity contribution in [2.45, 2.75) is 53.1 Å². The monoisotopic (exact) mass is 615 g/mol. The van der Waals surface area contributed by atoms with E-state index in [2.05, 4.69) is 47.5 Å². The second kappa shape index (κ2) is 13.7. The van der Waals surface area contributed by atoms with Crippen LogP contribution in [0.15, 0.2) is 30.7 Å². The summed E-state index contributed by atoms with van der Waals surface area (Å²) in [5, 5.41) is 3.33. The molecule has 1 aliphatic carbocycles. The van der Waals surface area contributed by atoms with E-state index in [1.807, 2.05) is 23.3 Å². The summed E-state index contributed by atoms with van der Waals surface area (Å²) in [5.41, 5.74) is 1.75. The highest BCUT2D eigenvalue weighted by Gasteiger charge is 2.59. The van der Waals surface area contributed by atoms with Crippen LogP contribution in [0.4, 0.5) is 17.7 Å². The van der Waals surface area contributed by atoms with E-state index in [0.717, 1.165) is 39.6 Å². The maximum atomic E-state index is 12.9. The summed E-state index contributed by atoms with van der Waals surface area (Å²) in [4.78, 5) is 47.1. The SMILES string of the molecule is CCNCC(Cn1ccnc1-c1ccnc2cc(CN(C=O)C(=O)C3C(C)C3(C)C)sc12)OC.O=C(OF)C(F)(F)F. The van der Waals surface area contributed by atoms with Gasteiger partial charge >= 0.3 is 12.1 Å². The lowest BCUT2D eigenvalue weighted by molar-refractivity contribution is -0.234. The minimum Gasteiger partial charge on any atom is -0.378 e. The Balaban J connectivity index is 0.000000531. The van der Waals surface area contributed by atoms with Crippen LogP contribution in [0.2, 0.25) is 0 Å². The number of hydrogen-bond donors (Lipinski definition) is 1. The second-order valence-corrected chi connectivity index (χ2v) is 11.5. The van der Waals surface area contributed by atoms with Gasteiger partial charge in [-0.1, -0.05) is 27.7 Å². The first-order chi connectivity index (χ1) is 19.8. The number of methoxy groups -OCH3 is 1. The van der Waals surface area contributed by atoms with Crippen LogP contribution in [-0.4, -0.2) is 70.2 Å². The fraction of sp³-hybridized carbons (Fsp3) is 0.519. The Hall–Kier alpha value is -3.43. The van der Waals surface area contributed by atoms with Crippen LogP contribution in [0.25, 0.3) is 21.6 Å². The van der Waals surface area contributed by atoms with Crippen molar-refractivity contribution in [3.63, 3.8) is 0 Å². The van der Waals surface area contributed by atoms with Crippen LogP contribution >= 0.6 is 11.3 Å². The highest BCUT2D eigenvalue weighted by atomic mass is 32.1. The number of nitrogens with one attached hydrogen (secondary N) is 1.